The first-order valence-electron chi connectivity index (χ1n) is 6.71. The lowest BCUT2D eigenvalue weighted by Gasteiger charge is -2.44. The number of carbonyl (C=O) groups is 2. The van der Waals surface area contributed by atoms with Gasteiger partial charge in [0.15, 0.2) is 0 Å². The molecule has 0 saturated carbocycles. The highest BCUT2D eigenvalue weighted by Crippen LogP contribution is 2.30. The van der Waals surface area contributed by atoms with E-state index < -0.39 is 17.6 Å². The first kappa shape index (κ1) is 15.0. The van der Waals surface area contributed by atoms with Gasteiger partial charge >= 0.3 is 5.97 Å². The highest BCUT2D eigenvalue weighted by molar-refractivity contribution is 5.84. The van der Waals surface area contributed by atoms with E-state index in [0.29, 0.717) is 19.5 Å². The summed E-state index contributed by atoms with van der Waals surface area (Å²) in [5, 5.41) is 12.2. The van der Waals surface area contributed by atoms with Gasteiger partial charge in [-0.3, -0.25) is 14.5 Å². The predicted molar refractivity (Wildman–Crippen MR) is 69.4 cm³/mol. The number of rotatable bonds is 5. The second kappa shape index (κ2) is 6.18. The largest absolute Gasteiger partial charge is 0.480 e. The zero-order valence-electron chi connectivity index (χ0n) is 11.5. The highest BCUT2D eigenvalue weighted by Gasteiger charge is 2.44. The molecule has 1 aliphatic rings. The van der Waals surface area contributed by atoms with Gasteiger partial charge < -0.3 is 10.4 Å². The molecular weight excluding hydrogens is 232 g/mol. The lowest BCUT2D eigenvalue weighted by atomic mass is 9.87. The van der Waals surface area contributed by atoms with Gasteiger partial charge in [-0.2, -0.15) is 0 Å². The molecule has 1 rings (SSSR count). The van der Waals surface area contributed by atoms with Gasteiger partial charge in [0.1, 0.15) is 5.54 Å². The molecule has 0 aromatic heterocycles. The van der Waals surface area contributed by atoms with E-state index in [2.05, 4.69) is 5.32 Å². The molecule has 2 N–H and O–H groups in total. The normalized spacial score (nSPS) is 26.6. The van der Waals surface area contributed by atoms with Gasteiger partial charge in [0, 0.05) is 13.1 Å². The molecule has 1 heterocycles. The Balaban J connectivity index is 2.77. The molecule has 2 atom stereocenters. The molecule has 104 valence electrons. The standard InChI is InChI=1S/C13H24N2O3/c1-4-8-14-11(16)10(2)15-9-6-5-7-13(15,3)12(17)18/h10H,4-9H2,1-3H3,(H,14,16)(H,17,18). The summed E-state index contributed by atoms with van der Waals surface area (Å²) >= 11 is 0. The fraction of sp³-hybridized carbons (Fsp3) is 0.846. The summed E-state index contributed by atoms with van der Waals surface area (Å²) < 4.78 is 0. The third-order valence-corrected chi connectivity index (χ3v) is 3.80. The van der Waals surface area contributed by atoms with Crippen LogP contribution >= 0.6 is 0 Å². The minimum absolute atomic E-state index is 0.0776. The smallest absolute Gasteiger partial charge is 0.323 e. The van der Waals surface area contributed by atoms with Crippen molar-refractivity contribution in [1.29, 1.82) is 0 Å². The van der Waals surface area contributed by atoms with E-state index in [1.165, 1.54) is 0 Å². The lowest BCUT2D eigenvalue weighted by Crippen LogP contribution is -2.61. The monoisotopic (exact) mass is 256 g/mol. The van der Waals surface area contributed by atoms with Crippen molar-refractivity contribution in [3.63, 3.8) is 0 Å². The molecule has 2 unspecified atom stereocenters. The van der Waals surface area contributed by atoms with Crippen molar-refractivity contribution >= 4 is 11.9 Å². The molecule has 0 radical (unpaired) electrons. The van der Waals surface area contributed by atoms with E-state index in [-0.39, 0.29) is 5.91 Å². The second-order valence-corrected chi connectivity index (χ2v) is 5.20. The topological polar surface area (TPSA) is 69.6 Å². The van der Waals surface area contributed by atoms with Gasteiger partial charge in [0.2, 0.25) is 5.91 Å². The van der Waals surface area contributed by atoms with Gasteiger partial charge in [-0.15, -0.1) is 0 Å². The summed E-state index contributed by atoms with van der Waals surface area (Å²) in [6, 6.07) is -0.391. The molecule has 18 heavy (non-hydrogen) atoms. The maximum absolute atomic E-state index is 12.0. The summed E-state index contributed by atoms with van der Waals surface area (Å²) in [5.74, 6) is -0.913. The van der Waals surface area contributed by atoms with Gasteiger partial charge in [-0.1, -0.05) is 6.92 Å². The van der Waals surface area contributed by atoms with Crippen molar-refractivity contribution in [2.24, 2.45) is 0 Å². The number of aliphatic carboxylic acids is 1. The van der Waals surface area contributed by atoms with Crippen LogP contribution < -0.4 is 5.32 Å². The predicted octanol–water partition coefficient (Wildman–Crippen LogP) is 1.23. The van der Waals surface area contributed by atoms with Crippen molar-refractivity contribution in [3.8, 4) is 0 Å². The van der Waals surface area contributed by atoms with Crippen LogP contribution in [-0.2, 0) is 9.59 Å². The molecule has 1 saturated heterocycles. The third-order valence-electron chi connectivity index (χ3n) is 3.80. The lowest BCUT2D eigenvalue weighted by molar-refractivity contribution is -0.156. The second-order valence-electron chi connectivity index (χ2n) is 5.20. The van der Waals surface area contributed by atoms with Crippen LogP contribution in [0.3, 0.4) is 0 Å². The Bertz CT molecular complexity index is 319. The average Bonchev–Trinajstić information content (AvgIpc) is 2.35. The van der Waals surface area contributed by atoms with Gasteiger partial charge in [-0.25, -0.2) is 0 Å². The Morgan fingerprint density at radius 3 is 2.67 bits per heavy atom. The van der Waals surface area contributed by atoms with E-state index in [1.807, 2.05) is 11.8 Å². The summed E-state index contributed by atoms with van der Waals surface area (Å²) in [5.41, 5.74) is -0.915. The molecule has 5 nitrogen and oxygen atoms in total. The van der Waals surface area contributed by atoms with Crippen LogP contribution in [0.2, 0.25) is 0 Å². The van der Waals surface area contributed by atoms with Crippen molar-refractivity contribution in [2.45, 2.75) is 58.0 Å². The average molecular weight is 256 g/mol. The van der Waals surface area contributed by atoms with E-state index in [1.54, 1.807) is 13.8 Å². The molecule has 0 bridgehead atoms. The molecule has 0 aromatic carbocycles. The number of hydrogen-bond donors (Lipinski definition) is 2. The number of carboxylic acid groups (broad SMARTS) is 1. The van der Waals surface area contributed by atoms with E-state index in [9.17, 15) is 14.7 Å². The van der Waals surface area contributed by atoms with Crippen LogP contribution in [0.15, 0.2) is 0 Å². The quantitative estimate of drug-likeness (QED) is 0.776. The molecule has 5 heteroatoms. The van der Waals surface area contributed by atoms with E-state index in [0.717, 1.165) is 19.3 Å². The van der Waals surface area contributed by atoms with E-state index >= 15 is 0 Å². The number of carboxylic acids is 1. The third kappa shape index (κ3) is 3.02. The number of amides is 1. The number of likely N-dealkylation sites (tertiary alicyclic amines) is 1. The van der Waals surface area contributed by atoms with Crippen molar-refractivity contribution in [1.82, 2.24) is 10.2 Å². The van der Waals surface area contributed by atoms with Crippen LogP contribution in [0.25, 0.3) is 0 Å². The maximum atomic E-state index is 12.0. The van der Waals surface area contributed by atoms with E-state index in [4.69, 9.17) is 0 Å². The Kier molecular flexibility index (Phi) is 5.14. The van der Waals surface area contributed by atoms with Crippen molar-refractivity contribution in [2.75, 3.05) is 13.1 Å². The summed E-state index contributed by atoms with van der Waals surface area (Å²) in [6.07, 6.45) is 3.35. The number of hydrogen-bond acceptors (Lipinski definition) is 3. The van der Waals surface area contributed by atoms with Crippen LogP contribution in [0.4, 0.5) is 0 Å². The minimum atomic E-state index is -0.915. The van der Waals surface area contributed by atoms with Crippen molar-refractivity contribution in [3.05, 3.63) is 0 Å². The molecule has 1 fully saturated rings. The Labute approximate surface area is 109 Å². The zero-order valence-corrected chi connectivity index (χ0v) is 11.5. The molecule has 1 amide bonds. The minimum Gasteiger partial charge on any atom is -0.480 e. The van der Waals surface area contributed by atoms with Gasteiger partial charge in [0.25, 0.3) is 0 Å². The van der Waals surface area contributed by atoms with Crippen LogP contribution in [0.1, 0.15) is 46.5 Å². The Morgan fingerprint density at radius 1 is 1.44 bits per heavy atom. The number of nitrogens with one attached hydrogen (secondary N) is 1. The Hall–Kier alpha value is -1.10. The number of nitrogens with zero attached hydrogens (tertiary/aromatic N) is 1. The van der Waals surface area contributed by atoms with Crippen LogP contribution in [0.5, 0.6) is 0 Å². The number of piperidine rings is 1. The Morgan fingerprint density at radius 2 is 2.11 bits per heavy atom. The molecule has 0 spiro atoms. The summed E-state index contributed by atoms with van der Waals surface area (Å²) in [4.78, 5) is 25.2. The fourth-order valence-corrected chi connectivity index (χ4v) is 2.53. The van der Waals surface area contributed by atoms with Crippen LogP contribution in [0, 0.1) is 0 Å². The first-order valence-corrected chi connectivity index (χ1v) is 6.71. The molecular formula is C13H24N2O3. The number of carbonyl (C=O) groups excluding carboxylic acids is 1. The summed E-state index contributed by atoms with van der Waals surface area (Å²) in [7, 11) is 0. The molecule has 0 aromatic rings. The maximum Gasteiger partial charge on any atom is 0.323 e. The van der Waals surface area contributed by atoms with Gasteiger partial charge in [0.05, 0.1) is 6.04 Å². The summed E-state index contributed by atoms with van der Waals surface area (Å²) in [6.45, 7) is 6.81. The van der Waals surface area contributed by atoms with Crippen LogP contribution in [-0.4, -0.2) is 46.6 Å². The van der Waals surface area contributed by atoms with Gasteiger partial charge in [-0.05, 0) is 39.5 Å². The highest BCUT2D eigenvalue weighted by atomic mass is 16.4. The zero-order chi connectivity index (χ0) is 13.8. The SMILES string of the molecule is CCCNC(=O)C(C)N1CCCCC1(C)C(=O)O. The molecule has 1 aliphatic heterocycles. The van der Waals surface area contributed by atoms with Crippen molar-refractivity contribution < 1.29 is 14.7 Å². The molecule has 0 aliphatic carbocycles. The fourth-order valence-electron chi connectivity index (χ4n) is 2.53. The first-order chi connectivity index (χ1) is 8.43.